The van der Waals surface area contributed by atoms with Crippen LogP contribution in [0.5, 0.6) is 5.75 Å². The van der Waals surface area contributed by atoms with Gasteiger partial charge in [0.05, 0.1) is 17.7 Å². The normalized spacial score (nSPS) is 11.9. The zero-order chi connectivity index (χ0) is 29.3. The zero-order valence-electron chi connectivity index (χ0n) is 22.6. The Hall–Kier alpha value is -3.63. The number of methoxy groups -OCH3 is 1. The number of nitrogens with zero attached hydrogens (tertiary/aromatic N) is 2. The average Bonchev–Trinajstić information content (AvgIpc) is 2.95. The molecule has 0 bridgehead atoms. The molecule has 0 heterocycles. The summed E-state index contributed by atoms with van der Waals surface area (Å²) in [6.45, 7) is 2.97. The molecule has 1 atom stereocenters. The fraction of sp³-hybridized carbons (Fsp3) is 0.310. The lowest BCUT2D eigenvalue weighted by molar-refractivity contribution is -0.139. The maximum absolute atomic E-state index is 14.6. The minimum atomic E-state index is -4.30. The molecular formula is C29H33ClFN3O5S. The predicted molar refractivity (Wildman–Crippen MR) is 153 cm³/mol. The fourth-order valence-electron chi connectivity index (χ4n) is 4.02. The van der Waals surface area contributed by atoms with Gasteiger partial charge in [0.25, 0.3) is 10.0 Å². The number of benzene rings is 3. The first-order chi connectivity index (χ1) is 19.1. The molecule has 0 aliphatic rings. The minimum absolute atomic E-state index is 0.0399. The molecule has 0 fully saturated rings. The highest BCUT2D eigenvalue weighted by atomic mass is 35.5. The SMILES string of the molecule is CCCCNC(=O)C(C)N(Cc1ccccc1F)C(=O)CN(c1cc(Cl)ccc1OC)S(=O)(=O)c1ccccc1. The van der Waals surface area contributed by atoms with Crippen molar-refractivity contribution in [1.82, 2.24) is 10.2 Å². The maximum atomic E-state index is 14.6. The third kappa shape index (κ3) is 7.51. The summed E-state index contributed by atoms with van der Waals surface area (Å²) in [6, 6.07) is 16.9. The van der Waals surface area contributed by atoms with E-state index in [-0.39, 0.29) is 33.5 Å². The van der Waals surface area contributed by atoms with Crippen LogP contribution in [0.4, 0.5) is 10.1 Å². The van der Waals surface area contributed by atoms with Crippen LogP contribution in [0.25, 0.3) is 0 Å². The summed E-state index contributed by atoms with van der Waals surface area (Å²) in [7, 11) is -2.93. The number of ether oxygens (including phenoxy) is 1. The lowest BCUT2D eigenvalue weighted by Gasteiger charge is -2.32. The number of rotatable bonds is 13. The number of unbranched alkanes of at least 4 members (excludes halogenated alkanes) is 1. The van der Waals surface area contributed by atoms with Gasteiger partial charge >= 0.3 is 0 Å². The van der Waals surface area contributed by atoms with Crippen molar-refractivity contribution in [2.45, 2.75) is 44.2 Å². The molecule has 11 heteroatoms. The molecule has 8 nitrogen and oxygen atoms in total. The van der Waals surface area contributed by atoms with Crippen molar-refractivity contribution in [2.75, 3.05) is 24.5 Å². The third-order valence-electron chi connectivity index (χ3n) is 6.32. The summed E-state index contributed by atoms with van der Waals surface area (Å²) >= 11 is 6.22. The molecule has 0 saturated carbocycles. The van der Waals surface area contributed by atoms with Crippen LogP contribution in [-0.2, 0) is 26.2 Å². The van der Waals surface area contributed by atoms with Crippen LogP contribution in [-0.4, -0.2) is 51.4 Å². The largest absolute Gasteiger partial charge is 0.495 e. The standard InChI is InChI=1S/C29H33ClFN3O5S/c1-4-5-17-32-29(36)21(2)33(19-22-11-9-10-14-25(22)31)28(35)20-34(26-18-23(30)15-16-27(26)39-3)40(37,38)24-12-7-6-8-13-24/h6-16,18,21H,4-5,17,19-20H2,1-3H3,(H,32,36). The second-order valence-corrected chi connectivity index (χ2v) is 11.4. The van der Waals surface area contributed by atoms with E-state index in [0.717, 1.165) is 17.1 Å². The van der Waals surface area contributed by atoms with Gasteiger partial charge in [0.15, 0.2) is 0 Å². The summed E-state index contributed by atoms with van der Waals surface area (Å²) < 4.78 is 48.7. The average molecular weight is 590 g/mol. The van der Waals surface area contributed by atoms with E-state index in [9.17, 15) is 22.4 Å². The quantitative estimate of drug-likeness (QED) is 0.283. The van der Waals surface area contributed by atoms with E-state index < -0.39 is 40.2 Å². The van der Waals surface area contributed by atoms with Gasteiger partial charge in [-0.05, 0) is 49.7 Å². The van der Waals surface area contributed by atoms with Crippen LogP contribution in [0.3, 0.4) is 0 Å². The van der Waals surface area contributed by atoms with E-state index in [1.165, 1.54) is 67.5 Å². The molecule has 2 amide bonds. The lowest BCUT2D eigenvalue weighted by atomic mass is 10.1. The highest BCUT2D eigenvalue weighted by Gasteiger charge is 2.34. The number of sulfonamides is 1. The number of amides is 2. The van der Waals surface area contributed by atoms with Gasteiger partial charge in [-0.15, -0.1) is 0 Å². The van der Waals surface area contributed by atoms with Gasteiger partial charge in [-0.2, -0.15) is 0 Å². The summed E-state index contributed by atoms with van der Waals surface area (Å²) in [5, 5.41) is 3.02. The summed E-state index contributed by atoms with van der Waals surface area (Å²) in [6.07, 6.45) is 1.61. The number of carbonyl (C=O) groups is 2. The fourth-order valence-corrected chi connectivity index (χ4v) is 5.62. The van der Waals surface area contributed by atoms with Crippen molar-refractivity contribution >= 4 is 39.1 Å². The van der Waals surface area contributed by atoms with Gasteiger partial charge < -0.3 is 15.0 Å². The molecule has 0 radical (unpaired) electrons. The highest BCUT2D eigenvalue weighted by molar-refractivity contribution is 7.92. The molecule has 0 saturated heterocycles. The van der Waals surface area contributed by atoms with E-state index in [1.54, 1.807) is 24.3 Å². The highest BCUT2D eigenvalue weighted by Crippen LogP contribution is 2.35. The van der Waals surface area contributed by atoms with E-state index in [2.05, 4.69) is 5.32 Å². The van der Waals surface area contributed by atoms with Gasteiger partial charge in [0, 0.05) is 23.7 Å². The molecular weight excluding hydrogens is 557 g/mol. The van der Waals surface area contributed by atoms with Crippen LogP contribution in [0, 0.1) is 5.82 Å². The zero-order valence-corrected chi connectivity index (χ0v) is 24.2. The smallest absolute Gasteiger partial charge is 0.264 e. The first-order valence-corrected chi connectivity index (χ1v) is 14.6. The Morgan fingerprint density at radius 3 is 2.38 bits per heavy atom. The van der Waals surface area contributed by atoms with Gasteiger partial charge in [-0.1, -0.05) is 61.3 Å². The molecule has 0 spiro atoms. The molecule has 0 aliphatic heterocycles. The van der Waals surface area contributed by atoms with E-state index >= 15 is 0 Å². The van der Waals surface area contributed by atoms with Gasteiger partial charge in [0.1, 0.15) is 24.2 Å². The maximum Gasteiger partial charge on any atom is 0.264 e. The molecule has 1 N–H and O–H groups in total. The van der Waals surface area contributed by atoms with Crippen LogP contribution in [0.2, 0.25) is 5.02 Å². The number of carbonyl (C=O) groups excluding carboxylic acids is 2. The summed E-state index contributed by atoms with van der Waals surface area (Å²) in [4.78, 5) is 28.0. The number of halogens is 2. The second-order valence-electron chi connectivity index (χ2n) is 9.07. The molecule has 214 valence electrons. The van der Waals surface area contributed by atoms with Crippen molar-refractivity contribution in [3.8, 4) is 5.75 Å². The topological polar surface area (TPSA) is 96.0 Å². The predicted octanol–water partition coefficient (Wildman–Crippen LogP) is 5.02. The van der Waals surface area contributed by atoms with Crippen LogP contribution in [0.1, 0.15) is 32.3 Å². The third-order valence-corrected chi connectivity index (χ3v) is 8.32. The molecule has 40 heavy (non-hydrogen) atoms. The van der Waals surface area contributed by atoms with Crippen LogP contribution < -0.4 is 14.4 Å². The van der Waals surface area contributed by atoms with Crippen LogP contribution in [0.15, 0.2) is 77.7 Å². The summed E-state index contributed by atoms with van der Waals surface area (Å²) in [5.41, 5.74) is 0.222. The van der Waals surface area contributed by atoms with E-state index in [4.69, 9.17) is 16.3 Å². The number of nitrogens with one attached hydrogen (secondary N) is 1. The van der Waals surface area contributed by atoms with Gasteiger partial charge in [-0.3, -0.25) is 13.9 Å². The van der Waals surface area contributed by atoms with Gasteiger partial charge in [0.2, 0.25) is 11.8 Å². The Morgan fingerprint density at radius 1 is 1.05 bits per heavy atom. The summed E-state index contributed by atoms with van der Waals surface area (Å²) in [5.74, 6) is -1.54. The Balaban J connectivity index is 2.07. The van der Waals surface area contributed by atoms with Crippen molar-refractivity contribution in [3.05, 3.63) is 89.2 Å². The molecule has 3 aromatic rings. The second kappa shape index (κ2) is 14.1. The lowest BCUT2D eigenvalue weighted by Crippen LogP contribution is -2.51. The number of anilines is 1. The first-order valence-electron chi connectivity index (χ1n) is 12.8. The molecule has 3 aromatic carbocycles. The van der Waals surface area contributed by atoms with Crippen LogP contribution >= 0.6 is 11.6 Å². The van der Waals surface area contributed by atoms with Crippen molar-refractivity contribution in [3.63, 3.8) is 0 Å². The van der Waals surface area contributed by atoms with E-state index in [0.29, 0.717) is 6.54 Å². The molecule has 1 unspecified atom stereocenters. The molecule has 0 aromatic heterocycles. The minimum Gasteiger partial charge on any atom is -0.495 e. The van der Waals surface area contributed by atoms with E-state index in [1.807, 2.05) is 6.92 Å². The van der Waals surface area contributed by atoms with Gasteiger partial charge in [-0.25, -0.2) is 12.8 Å². The molecule has 0 aliphatic carbocycles. The Bertz CT molecular complexity index is 1420. The Labute approximate surface area is 239 Å². The van der Waals surface area contributed by atoms with Crippen molar-refractivity contribution in [2.24, 2.45) is 0 Å². The van der Waals surface area contributed by atoms with Crippen molar-refractivity contribution in [1.29, 1.82) is 0 Å². The number of hydrogen-bond donors (Lipinski definition) is 1. The Kier molecular flexibility index (Phi) is 10.9. The first kappa shape index (κ1) is 30.9. The van der Waals surface area contributed by atoms with Crippen molar-refractivity contribution < 1.29 is 27.1 Å². The molecule has 3 rings (SSSR count). The number of hydrogen-bond acceptors (Lipinski definition) is 5. The monoisotopic (exact) mass is 589 g/mol. The Morgan fingerprint density at radius 2 is 1.73 bits per heavy atom.